The van der Waals surface area contributed by atoms with Gasteiger partial charge in [0.1, 0.15) is 0 Å². The third-order valence-electron chi connectivity index (χ3n) is 4.62. The second-order valence-corrected chi connectivity index (χ2v) is 6.98. The Hall–Kier alpha value is -1.97. The molecule has 0 saturated heterocycles. The predicted molar refractivity (Wildman–Crippen MR) is 91.6 cm³/mol. The van der Waals surface area contributed by atoms with Crippen molar-refractivity contribution in [2.75, 3.05) is 14.2 Å². The summed E-state index contributed by atoms with van der Waals surface area (Å²) >= 11 is 0. The van der Waals surface area contributed by atoms with Crippen LogP contribution in [0.15, 0.2) is 29.8 Å². The molecule has 1 aromatic carbocycles. The Morgan fingerprint density at radius 2 is 1.87 bits per heavy atom. The maximum Gasteiger partial charge on any atom is 0.224 e. The average Bonchev–Trinajstić information content (AvgIpc) is 3.04. The molecule has 0 spiro atoms. The number of amides is 1. The largest absolute Gasteiger partial charge is 0.493 e. The van der Waals surface area contributed by atoms with Crippen LogP contribution < -0.4 is 14.8 Å². The van der Waals surface area contributed by atoms with Crippen molar-refractivity contribution in [1.82, 2.24) is 5.32 Å². The molecule has 2 rings (SSSR count). The first-order valence-corrected chi connectivity index (χ1v) is 7.95. The van der Waals surface area contributed by atoms with Crippen LogP contribution in [0, 0.1) is 17.3 Å². The molecule has 0 bridgehead atoms. The Kier molecular flexibility index (Phi) is 5.03. The first kappa shape index (κ1) is 17.4. The van der Waals surface area contributed by atoms with E-state index in [1.165, 1.54) is 5.57 Å². The van der Waals surface area contributed by atoms with E-state index >= 15 is 0 Å². The molecular formula is C19H27NO3. The van der Waals surface area contributed by atoms with Crippen LogP contribution in [0.4, 0.5) is 0 Å². The Morgan fingerprint density at radius 1 is 1.22 bits per heavy atom. The summed E-state index contributed by atoms with van der Waals surface area (Å²) in [6, 6.07) is 5.69. The molecule has 1 aliphatic rings. The van der Waals surface area contributed by atoms with Crippen LogP contribution in [0.5, 0.6) is 11.5 Å². The number of ether oxygens (including phenoxy) is 2. The van der Waals surface area contributed by atoms with Crippen LogP contribution in [0.1, 0.15) is 33.3 Å². The SMILES string of the molecule is COc1ccc(CNC(=O)C2C(C=C(C)C)C2(C)C)cc1OC. The second-order valence-electron chi connectivity index (χ2n) is 6.98. The quantitative estimate of drug-likeness (QED) is 0.816. The summed E-state index contributed by atoms with van der Waals surface area (Å²) in [5.74, 6) is 1.87. The van der Waals surface area contributed by atoms with Crippen molar-refractivity contribution in [3.8, 4) is 11.5 Å². The van der Waals surface area contributed by atoms with Gasteiger partial charge >= 0.3 is 0 Å². The highest BCUT2D eigenvalue weighted by atomic mass is 16.5. The van der Waals surface area contributed by atoms with E-state index in [-0.39, 0.29) is 17.2 Å². The molecule has 0 radical (unpaired) electrons. The van der Waals surface area contributed by atoms with E-state index in [0.29, 0.717) is 24.0 Å². The number of nitrogens with one attached hydrogen (secondary N) is 1. The molecule has 1 saturated carbocycles. The van der Waals surface area contributed by atoms with Crippen LogP contribution in [0.25, 0.3) is 0 Å². The number of carbonyl (C=O) groups excluding carboxylic acids is 1. The molecule has 23 heavy (non-hydrogen) atoms. The molecule has 126 valence electrons. The van der Waals surface area contributed by atoms with Gasteiger partial charge in [-0.25, -0.2) is 0 Å². The lowest BCUT2D eigenvalue weighted by Crippen LogP contribution is -2.26. The van der Waals surface area contributed by atoms with Gasteiger partial charge in [-0.05, 0) is 42.9 Å². The molecule has 1 aromatic rings. The van der Waals surface area contributed by atoms with E-state index in [0.717, 1.165) is 5.56 Å². The van der Waals surface area contributed by atoms with Crippen molar-refractivity contribution in [2.24, 2.45) is 17.3 Å². The van der Waals surface area contributed by atoms with Crippen molar-refractivity contribution >= 4 is 5.91 Å². The van der Waals surface area contributed by atoms with Crippen LogP contribution in [0.2, 0.25) is 0 Å². The number of hydrogen-bond acceptors (Lipinski definition) is 3. The number of carbonyl (C=O) groups is 1. The summed E-state index contributed by atoms with van der Waals surface area (Å²) in [6.45, 7) is 8.95. The molecule has 2 unspecified atom stereocenters. The number of allylic oxidation sites excluding steroid dienone is 2. The number of benzene rings is 1. The van der Waals surface area contributed by atoms with Gasteiger partial charge in [0.2, 0.25) is 5.91 Å². The van der Waals surface area contributed by atoms with Crippen molar-refractivity contribution in [2.45, 2.75) is 34.2 Å². The van der Waals surface area contributed by atoms with E-state index in [1.807, 2.05) is 18.2 Å². The molecule has 1 aliphatic carbocycles. The number of rotatable bonds is 6. The van der Waals surface area contributed by atoms with Gasteiger partial charge in [-0.3, -0.25) is 4.79 Å². The second kappa shape index (κ2) is 6.65. The Balaban J connectivity index is 1.99. The van der Waals surface area contributed by atoms with E-state index in [1.54, 1.807) is 14.2 Å². The lowest BCUT2D eigenvalue weighted by Gasteiger charge is -2.10. The van der Waals surface area contributed by atoms with Gasteiger partial charge in [-0.2, -0.15) is 0 Å². The fourth-order valence-corrected chi connectivity index (χ4v) is 3.14. The van der Waals surface area contributed by atoms with Crippen molar-refractivity contribution < 1.29 is 14.3 Å². The average molecular weight is 317 g/mol. The highest BCUT2D eigenvalue weighted by Gasteiger charge is 2.60. The fourth-order valence-electron chi connectivity index (χ4n) is 3.14. The smallest absolute Gasteiger partial charge is 0.224 e. The normalized spacial score (nSPS) is 21.3. The minimum atomic E-state index is 0.0406. The van der Waals surface area contributed by atoms with E-state index in [4.69, 9.17) is 9.47 Å². The molecule has 4 heteroatoms. The predicted octanol–water partition coefficient (Wildman–Crippen LogP) is 3.56. The van der Waals surface area contributed by atoms with E-state index < -0.39 is 0 Å². The first-order valence-electron chi connectivity index (χ1n) is 7.95. The van der Waals surface area contributed by atoms with Crippen LogP contribution in [-0.2, 0) is 11.3 Å². The highest BCUT2D eigenvalue weighted by molar-refractivity contribution is 5.83. The molecule has 2 atom stereocenters. The summed E-state index contributed by atoms with van der Waals surface area (Å²) in [5, 5.41) is 3.04. The Morgan fingerprint density at radius 3 is 2.43 bits per heavy atom. The molecular weight excluding hydrogens is 290 g/mol. The van der Waals surface area contributed by atoms with Gasteiger partial charge in [0.25, 0.3) is 0 Å². The number of methoxy groups -OCH3 is 2. The zero-order chi connectivity index (χ0) is 17.2. The maximum atomic E-state index is 12.5. The summed E-state index contributed by atoms with van der Waals surface area (Å²) in [4.78, 5) is 12.5. The molecule has 0 aromatic heterocycles. The van der Waals surface area contributed by atoms with E-state index in [9.17, 15) is 4.79 Å². The van der Waals surface area contributed by atoms with Gasteiger partial charge in [-0.15, -0.1) is 0 Å². The van der Waals surface area contributed by atoms with Gasteiger partial charge in [0, 0.05) is 6.54 Å². The lowest BCUT2D eigenvalue weighted by atomic mass is 10.1. The summed E-state index contributed by atoms with van der Waals surface area (Å²) in [7, 11) is 3.22. The monoisotopic (exact) mass is 317 g/mol. The molecule has 0 heterocycles. The minimum absolute atomic E-state index is 0.0406. The topological polar surface area (TPSA) is 47.6 Å². The van der Waals surface area contributed by atoms with Crippen molar-refractivity contribution in [1.29, 1.82) is 0 Å². The highest BCUT2D eigenvalue weighted by Crippen LogP contribution is 2.59. The zero-order valence-electron chi connectivity index (χ0n) is 14.9. The zero-order valence-corrected chi connectivity index (χ0v) is 14.9. The lowest BCUT2D eigenvalue weighted by molar-refractivity contribution is -0.123. The maximum absolute atomic E-state index is 12.5. The first-order chi connectivity index (χ1) is 10.8. The molecule has 1 N–H and O–H groups in total. The summed E-state index contributed by atoms with van der Waals surface area (Å²) < 4.78 is 10.5. The summed E-state index contributed by atoms with van der Waals surface area (Å²) in [5.41, 5.74) is 2.30. The standard InChI is InChI=1S/C19H27NO3/c1-12(2)9-14-17(19(14,3)4)18(21)20-11-13-7-8-15(22-5)16(10-13)23-6/h7-10,14,17H,11H2,1-6H3,(H,20,21). The Labute approximate surface area is 138 Å². The number of hydrogen-bond donors (Lipinski definition) is 1. The third kappa shape index (κ3) is 3.69. The molecule has 1 amide bonds. The third-order valence-corrected chi connectivity index (χ3v) is 4.62. The van der Waals surface area contributed by atoms with Crippen LogP contribution in [0.3, 0.4) is 0 Å². The Bertz CT molecular complexity index is 615. The van der Waals surface area contributed by atoms with Crippen LogP contribution in [-0.4, -0.2) is 20.1 Å². The molecule has 0 aliphatic heterocycles. The molecule has 4 nitrogen and oxygen atoms in total. The van der Waals surface area contributed by atoms with Crippen molar-refractivity contribution in [3.63, 3.8) is 0 Å². The van der Waals surface area contributed by atoms with Crippen LogP contribution >= 0.6 is 0 Å². The minimum Gasteiger partial charge on any atom is -0.493 e. The van der Waals surface area contributed by atoms with Crippen molar-refractivity contribution in [3.05, 3.63) is 35.4 Å². The van der Waals surface area contributed by atoms with E-state index in [2.05, 4.69) is 39.1 Å². The van der Waals surface area contributed by atoms with Gasteiger partial charge < -0.3 is 14.8 Å². The van der Waals surface area contributed by atoms with Gasteiger partial charge in [0.05, 0.1) is 20.1 Å². The molecule has 1 fully saturated rings. The van der Waals surface area contributed by atoms with Gasteiger partial charge in [-0.1, -0.05) is 31.6 Å². The van der Waals surface area contributed by atoms with Gasteiger partial charge in [0.15, 0.2) is 11.5 Å². The summed E-state index contributed by atoms with van der Waals surface area (Å²) in [6.07, 6.45) is 2.21. The fraction of sp³-hybridized carbons (Fsp3) is 0.526.